The van der Waals surface area contributed by atoms with Crippen LogP contribution in [-0.2, 0) is 0 Å². The fraction of sp³-hybridized carbons (Fsp3) is 0.129. The predicted octanol–water partition coefficient (Wildman–Crippen LogP) is 15.1. The molecule has 2 bridgehead atoms. The summed E-state index contributed by atoms with van der Waals surface area (Å²) in [5, 5.41) is 21.3. The van der Waals surface area contributed by atoms with E-state index in [-0.39, 0.29) is 11.8 Å². The number of hydrogen-bond donors (Lipinski definition) is 0. The van der Waals surface area contributed by atoms with Gasteiger partial charge in [0.2, 0.25) is 0 Å². The van der Waals surface area contributed by atoms with Gasteiger partial charge in [-0.05, 0) is 240 Å². The Kier molecular flexibility index (Phi) is 8.11. The smallest absolute Gasteiger partial charge is 0.119 e. The van der Waals surface area contributed by atoms with E-state index < -0.39 is 0 Å². The van der Waals surface area contributed by atoms with Crippen molar-refractivity contribution in [3.8, 4) is 34.5 Å². The van der Waals surface area contributed by atoms with Crippen LogP contribution in [0, 0.1) is 0 Å². The summed E-state index contributed by atoms with van der Waals surface area (Å²) in [6, 6.07) is 54.0. The normalized spacial score (nSPS) is 14.9. The molecule has 6 nitrogen and oxygen atoms in total. The molecule has 0 radical (unpaired) electrons. The molecule has 0 atom stereocenters. The summed E-state index contributed by atoms with van der Waals surface area (Å²) in [7, 11) is 10.4. The summed E-state index contributed by atoms with van der Waals surface area (Å²) in [5.41, 5.74) is 8.08. The van der Waals surface area contributed by atoms with E-state index in [9.17, 15) is 0 Å². The highest BCUT2D eigenvalue weighted by atomic mass is 16.5. The molecule has 0 N–H and O–H groups in total. The van der Waals surface area contributed by atoms with Gasteiger partial charge in [-0.3, -0.25) is 0 Å². The van der Waals surface area contributed by atoms with Crippen LogP contribution in [0.15, 0.2) is 146 Å². The van der Waals surface area contributed by atoms with Gasteiger partial charge in [0.25, 0.3) is 0 Å². The summed E-state index contributed by atoms with van der Waals surface area (Å²) in [4.78, 5) is 0. The highest BCUT2D eigenvalue weighted by Gasteiger charge is 2.43. The lowest BCUT2D eigenvalue weighted by Crippen LogP contribution is -2.27. The van der Waals surface area contributed by atoms with E-state index in [2.05, 4.69) is 146 Å². The zero-order chi connectivity index (χ0) is 45.7. The van der Waals surface area contributed by atoms with Gasteiger partial charge in [-0.15, -0.1) is 0 Å². The lowest BCUT2D eigenvalue weighted by atomic mass is 9.59. The quantitative estimate of drug-likeness (QED) is 0.155. The van der Waals surface area contributed by atoms with Crippen molar-refractivity contribution in [1.82, 2.24) is 0 Å². The molecule has 12 aromatic carbocycles. The minimum Gasteiger partial charge on any atom is -0.497 e. The van der Waals surface area contributed by atoms with Gasteiger partial charge in [0.1, 0.15) is 34.5 Å². The Bertz CT molecular complexity index is 3540. The highest BCUT2D eigenvalue weighted by molar-refractivity contribution is 6.29. The minimum atomic E-state index is -0.0437. The summed E-state index contributed by atoms with van der Waals surface area (Å²) in [6.07, 6.45) is 0. The fourth-order valence-electron chi connectivity index (χ4n) is 12.4. The summed E-state index contributed by atoms with van der Waals surface area (Å²) >= 11 is 0. The monoisotopic (exact) mass is 884 g/mol. The average Bonchev–Trinajstić information content (AvgIpc) is 3.40. The summed E-state index contributed by atoms with van der Waals surface area (Å²) < 4.78 is 34.9. The lowest BCUT2D eigenvalue weighted by Gasteiger charge is -2.43. The second-order valence-electron chi connectivity index (χ2n) is 18.4. The van der Waals surface area contributed by atoms with Crippen molar-refractivity contribution in [3.05, 3.63) is 179 Å². The molecule has 0 amide bonds. The number of hydrogen-bond acceptors (Lipinski definition) is 6. The van der Waals surface area contributed by atoms with Gasteiger partial charge >= 0.3 is 0 Å². The molecular formula is C62H44O6. The molecule has 0 aliphatic heterocycles. The highest BCUT2D eigenvalue weighted by Crippen LogP contribution is 2.60. The molecule has 3 aliphatic carbocycles. The van der Waals surface area contributed by atoms with E-state index in [0.29, 0.717) is 0 Å². The van der Waals surface area contributed by atoms with Gasteiger partial charge in [0.05, 0.1) is 42.7 Å². The molecule has 0 aromatic heterocycles. The molecule has 6 heteroatoms. The molecule has 0 saturated carbocycles. The maximum atomic E-state index is 5.82. The molecule has 328 valence electrons. The summed E-state index contributed by atoms with van der Waals surface area (Å²) in [5.74, 6) is 4.86. The van der Waals surface area contributed by atoms with Crippen molar-refractivity contribution in [2.45, 2.75) is 11.8 Å². The molecule has 0 heterocycles. The van der Waals surface area contributed by atoms with Gasteiger partial charge in [0.15, 0.2) is 0 Å². The van der Waals surface area contributed by atoms with Crippen LogP contribution in [0.4, 0.5) is 0 Å². The maximum absolute atomic E-state index is 5.82. The number of rotatable bonds is 6. The van der Waals surface area contributed by atoms with Crippen LogP contribution in [0.3, 0.4) is 0 Å². The third kappa shape index (κ3) is 5.17. The van der Waals surface area contributed by atoms with Crippen LogP contribution < -0.4 is 28.4 Å². The largest absolute Gasteiger partial charge is 0.497 e. The molecule has 12 aromatic rings. The third-order valence-corrected chi connectivity index (χ3v) is 15.5. The Balaban J connectivity index is 1.14. The molecule has 0 saturated heterocycles. The van der Waals surface area contributed by atoms with Crippen molar-refractivity contribution in [3.63, 3.8) is 0 Å². The zero-order valence-electron chi connectivity index (χ0n) is 38.5. The minimum absolute atomic E-state index is 0.0437. The lowest BCUT2D eigenvalue weighted by molar-refractivity contribution is 0.415. The topological polar surface area (TPSA) is 55.4 Å². The Morgan fingerprint density at radius 1 is 0.191 bits per heavy atom. The Morgan fingerprint density at radius 2 is 0.338 bits per heavy atom. The van der Waals surface area contributed by atoms with Crippen molar-refractivity contribution in [2.75, 3.05) is 42.7 Å². The molecule has 15 rings (SSSR count). The van der Waals surface area contributed by atoms with Crippen LogP contribution in [-0.4, -0.2) is 42.7 Å². The number of methoxy groups -OCH3 is 6. The van der Waals surface area contributed by atoms with E-state index in [4.69, 9.17) is 28.4 Å². The van der Waals surface area contributed by atoms with Gasteiger partial charge < -0.3 is 28.4 Å². The van der Waals surface area contributed by atoms with E-state index >= 15 is 0 Å². The first-order valence-electron chi connectivity index (χ1n) is 23.0. The SMILES string of the molecule is COc1ccc2c(c1)c1cc(OC)ccc1c1cc3c(cc21)C1c2cc4c5ccc(OC)cc5c5cc(OC)ccc5c4cc2C3c2cc3c4ccc(OC)cc4c4cc(OC)ccc4c3cc21. The number of benzene rings is 12. The van der Waals surface area contributed by atoms with Crippen LogP contribution in [0.25, 0.3) is 97.0 Å². The Morgan fingerprint density at radius 3 is 0.485 bits per heavy atom. The van der Waals surface area contributed by atoms with Crippen molar-refractivity contribution >= 4 is 97.0 Å². The van der Waals surface area contributed by atoms with Gasteiger partial charge in [0, 0.05) is 11.8 Å². The number of ether oxygens (including phenoxy) is 6. The molecule has 68 heavy (non-hydrogen) atoms. The second kappa shape index (κ2) is 14.1. The van der Waals surface area contributed by atoms with E-state index in [1.807, 2.05) is 0 Å². The van der Waals surface area contributed by atoms with Gasteiger partial charge in [-0.1, -0.05) is 36.4 Å². The first kappa shape index (κ1) is 39.0. The van der Waals surface area contributed by atoms with Crippen LogP contribution in [0.2, 0.25) is 0 Å². The van der Waals surface area contributed by atoms with E-state index in [0.717, 1.165) is 66.8 Å². The van der Waals surface area contributed by atoms with Crippen LogP contribution in [0.1, 0.15) is 45.2 Å². The molecule has 0 unspecified atom stereocenters. The second-order valence-corrected chi connectivity index (χ2v) is 18.4. The Labute approximate surface area is 391 Å². The first-order chi connectivity index (χ1) is 33.4. The fourth-order valence-corrected chi connectivity index (χ4v) is 12.4. The van der Waals surface area contributed by atoms with Crippen LogP contribution >= 0.6 is 0 Å². The molecular weight excluding hydrogens is 841 g/mol. The van der Waals surface area contributed by atoms with Crippen LogP contribution in [0.5, 0.6) is 34.5 Å². The standard InChI is InChI=1S/C62H44O6/c1-63-31-7-13-37-43(19-31)44-20-32(64-2)8-14-38(44)50-26-56-55(25-49(37)50)61-57-27-51-39-15-9-33(65-3)21-45(39)47-23-35(67-5)11-17-41(47)53(51)29-59(57)62(56)60-30-54-42-18-12-36(68-6)24-48(42)46-22-34(66-4)10-16-40(46)52(54)28-58(60)61/h7-30,61-62H,1-6H3. The third-order valence-electron chi connectivity index (χ3n) is 15.5. The zero-order valence-corrected chi connectivity index (χ0v) is 38.5. The first-order valence-corrected chi connectivity index (χ1v) is 23.0. The van der Waals surface area contributed by atoms with Gasteiger partial charge in [-0.25, -0.2) is 0 Å². The molecule has 0 fully saturated rings. The van der Waals surface area contributed by atoms with Crippen molar-refractivity contribution in [2.24, 2.45) is 0 Å². The molecule has 3 aliphatic rings. The average molecular weight is 885 g/mol. The molecule has 0 spiro atoms. The predicted molar refractivity (Wildman–Crippen MR) is 278 cm³/mol. The van der Waals surface area contributed by atoms with E-state index in [1.54, 1.807) is 42.7 Å². The van der Waals surface area contributed by atoms with Crippen molar-refractivity contribution < 1.29 is 28.4 Å². The maximum Gasteiger partial charge on any atom is 0.119 e. The summed E-state index contributed by atoms with van der Waals surface area (Å²) in [6.45, 7) is 0. The van der Waals surface area contributed by atoms with Gasteiger partial charge in [-0.2, -0.15) is 0 Å². The van der Waals surface area contributed by atoms with E-state index in [1.165, 1.54) is 98.0 Å². The Hall–Kier alpha value is -8.22. The van der Waals surface area contributed by atoms with Crippen molar-refractivity contribution in [1.29, 1.82) is 0 Å². The number of fused-ring (bicyclic) bond motifs is 18.